The van der Waals surface area contributed by atoms with Crippen LogP contribution in [0.3, 0.4) is 0 Å². The Morgan fingerprint density at radius 1 is 1.39 bits per heavy atom. The lowest BCUT2D eigenvalue weighted by Gasteiger charge is -2.06. The van der Waals surface area contributed by atoms with Crippen LogP contribution >= 0.6 is 15.9 Å². The van der Waals surface area contributed by atoms with Crippen LogP contribution in [0.1, 0.15) is 6.92 Å². The fraction of sp³-hybridized carbons (Fsp3) is 0.167. The summed E-state index contributed by atoms with van der Waals surface area (Å²) in [6, 6.07) is 6.14. The van der Waals surface area contributed by atoms with E-state index < -0.39 is 0 Å². The predicted molar refractivity (Wildman–Crippen MR) is 70.4 cm³/mol. The number of hydrogen-bond donors (Lipinski definition) is 1. The second-order valence-corrected chi connectivity index (χ2v) is 4.28. The smallest absolute Gasteiger partial charge is 0.225 e. The molecule has 0 saturated carbocycles. The van der Waals surface area contributed by atoms with Crippen LogP contribution in [0.4, 0.5) is 10.3 Å². The van der Waals surface area contributed by atoms with Crippen LogP contribution in [0.5, 0.6) is 11.6 Å². The standard InChI is InChI=1S/C12H11BrFN3O/c1-2-15-12-16-6-5-11(17-12)18-8-3-4-9(13)10(14)7-8/h3-7H,2H2,1H3,(H,15,16,17). The zero-order valence-electron chi connectivity index (χ0n) is 9.65. The summed E-state index contributed by atoms with van der Waals surface area (Å²) in [6.45, 7) is 2.66. The van der Waals surface area contributed by atoms with Gasteiger partial charge >= 0.3 is 0 Å². The van der Waals surface area contributed by atoms with Gasteiger partial charge in [-0.3, -0.25) is 0 Å². The highest BCUT2D eigenvalue weighted by Gasteiger charge is 2.04. The van der Waals surface area contributed by atoms with Crippen LogP contribution in [0.15, 0.2) is 34.9 Å². The molecule has 18 heavy (non-hydrogen) atoms. The molecule has 0 aliphatic heterocycles. The molecule has 1 N–H and O–H groups in total. The highest BCUT2D eigenvalue weighted by Crippen LogP contribution is 2.24. The monoisotopic (exact) mass is 311 g/mol. The molecule has 4 nitrogen and oxygen atoms in total. The fourth-order valence-electron chi connectivity index (χ4n) is 1.30. The average molecular weight is 312 g/mol. The van der Waals surface area contributed by atoms with E-state index in [1.165, 1.54) is 6.07 Å². The topological polar surface area (TPSA) is 47.0 Å². The van der Waals surface area contributed by atoms with E-state index >= 15 is 0 Å². The van der Waals surface area contributed by atoms with Crippen molar-refractivity contribution in [2.24, 2.45) is 0 Å². The molecule has 0 aliphatic carbocycles. The van der Waals surface area contributed by atoms with Crippen LogP contribution < -0.4 is 10.1 Å². The summed E-state index contributed by atoms with van der Waals surface area (Å²) < 4.78 is 19.2. The largest absolute Gasteiger partial charge is 0.439 e. The summed E-state index contributed by atoms with van der Waals surface area (Å²) in [5, 5.41) is 2.97. The molecule has 0 fully saturated rings. The fourth-order valence-corrected chi connectivity index (χ4v) is 1.55. The van der Waals surface area contributed by atoms with Crippen LogP contribution in [0, 0.1) is 5.82 Å². The maximum atomic E-state index is 13.3. The summed E-state index contributed by atoms with van der Waals surface area (Å²) in [5.41, 5.74) is 0. The lowest BCUT2D eigenvalue weighted by atomic mass is 10.3. The van der Waals surface area contributed by atoms with Gasteiger partial charge in [0.2, 0.25) is 11.8 Å². The molecule has 0 unspecified atom stereocenters. The molecular formula is C12H11BrFN3O. The summed E-state index contributed by atoms with van der Waals surface area (Å²) in [6.07, 6.45) is 1.58. The molecule has 0 saturated heterocycles. The van der Waals surface area contributed by atoms with Gasteiger partial charge in [0.15, 0.2) is 0 Å². The first-order chi connectivity index (χ1) is 8.69. The van der Waals surface area contributed by atoms with Crippen molar-refractivity contribution in [1.29, 1.82) is 0 Å². The van der Waals surface area contributed by atoms with Gasteiger partial charge in [-0.1, -0.05) is 0 Å². The van der Waals surface area contributed by atoms with Crippen LogP contribution in [0.25, 0.3) is 0 Å². The van der Waals surface area contributed by atoms with Crippen molar-refractivity contribution in [3.8, 4) is 11.6 Å². The van der Waals surface area contributed by atoms with Crippen molar-refractivity contribution >= 4 is 21.9 Å². The lowest BCUT2D eigenvalue weighted by molar-refractivity contribution is 0.457. The molecule has 94 valence electrons. The molecule has 6 heteroatoms. The molecule has 0 radical (unpaired) electrons. The number of nitrogens with zero attached hydrogens (tertiary/aromatic N) is 2. The van der Waals surface area contributed by atoms with Crippen molar-refractivity contribution in [2.45, 2.75) is 6.92 Å². The SMILES string of the molecule is CCNc1nccc(Oc2ccc(Br)c(F)c2)n1. The maximum absolute atomic E-state index is 13.3. The molecule has 0 aliphatic rings. The van der Waals surface area contributed by atoms with E-state index in [1.54, 1.807) is 24.4 Å². The minimum atomic E-state index is -0.381. The summed E-state index contributed by atoms with van der Waals surface area (Å²) >= 11 is 3.08. The molecule has 0 atom stereocenters. The molecule has 1 heterocycles. The van der Waals surface area contributed by atoms with Crippen molar-refractivity contribution in [3.05, 3.63) is 40.8 Å². The Morgan fingerprint density at radius 2 is 2.22 bits per heavy atom. The molecule has 1 aromatic carbocycles. The highest BCUT2D eigenvalue weighted by atomic mass is 79.9. The number of halogens is 2. The first-order valence-electron chi connectivity index (χ1n) is 5.39. The molecule has 0 amide bonds. The Hall–Kier alpha value is -1.69. The third-order valence-corrected chi connectivity index (χ3v) is 2.72. The van der Waals surface area contributed by atoms with Gasteiger partial charge in [0.05, 0.1) is 4.47 Å². The summed E-state index contributed by atoms with van der Waals surface area (Å²) in [4.78, 5) is 8.15. The van der Waals surface area contributed by atoms with E-state index in [-0.39, 0.29) is 5.82 Å². The Bertz CT molecular complexity index is 551. The predicted octanol–water partition coefficient (Wildman–Crippen LogP) is 3.60. The molecule has 1 aromatic heterocycles. The zero-order chi connectivity index (χ0) is 13.0. The van der Waals surface area contributed by atoms with Gasteiger partial charge in [-0.25, -0.2) is 9.37 Å². The van der Waals surface area contributed by atoms with E-state index in [2.05, 4.69) is 31.2 Å². The third kappa shape index (κ3) is 3.16. The van der Waals surface area contributed by atoms with E-state index in [1.807, 2.05) is 6.92 Å². The Kier molecular flexibility index (Phi) is 4.09. The van der Waals surface area contributed by atoms with E-state index in [0.29, 0.717) is 22.1 Å². The summed E-state index contributed by atoms with van der Waals surface area (Å²) in [5.74, 6) is 0.848. The van der Waals surface area contributed by atoms with Crippen LogP contribution in [-0.2, 0) is 0 Å². The quantitative estimate of drug-likeness (QED) is 0.937. The number of benzene rings is 1. The molecule has 2 rings (SSSR count). The second kappa shape index (κ2) is 5.77. The third-order valence-electron chi connectivity index (χ3n) is 2.08. The first kappa shape index (κ1) is 12.8. The normalized spacial score (nSPS) is 10.2. The number of hydrogen-bond acceptors (Lipinski definition) is 4. The Balaban J connectivity index is 2.17. The summed E-state index contributed by atoms with van der Waals surface area (Å²) in [7, 11) is 0. The number of aromatic nitrogens is 2. The van der Waals surface area contributed by atoms with Gasteiger partial charge in [0.25, 0.3) is 0 Å². The molecular weight excluding hydrogens is 301 g/mol. The van der Waals surface area contributed by atoms with E-state index in [9.17, 15) is 4.39 Å². The van der Waals surface area contributed by atoms with Crippen LogP contribution in [-0.4, -0.2) is 16.5 Å². The van der Waals surface area contributed by atoms with Gasteiger partial charge in [-0.15, -0.1) is 0 Å². The number of anilines is 1. The average Bonchev–Trinajstić information content (AvgIpc) is 2.35. The van der Waals surface area contributed by atoms with Crippen molar-refractivity contribution in [1.82, 2.24) is 9.97 Å². The zero-order valence-corrected chi connectivity index (χ0v) is 11.2. The molecule has 0 spiro atoms. The van der Waals surface area contributed by atoms with Crippen molar-refractivity contribution in [3.63, 3.8) is 0 Å². The Morgan fingerprint density at radius 3 is 2.94 bits per heavy atom. The minimum Gasteiger partial charge on any atom is -0.439 e. The lowest BCUT2D eigenvalue weighted by Crippen LogP contribution is -2.02. The van der Waals surface area contributed by atoms with E-state index in [4.69, 9.17) is 4.74 Å². The van der Waals surface area contributed by atoms with Crippen molar-refractivity contribution < 1.29 is 9.13 Å². The van der Waals surface area contributed by atoms with E-state index in [0.717, 1.165) is 6.54 Å². The number of rotatable bonds is 4. The second-order valence-electron chi connectivity index (χ2n) is 3.43. The van der Waals surface area contributed by atoms with Gasteiger partial charge < -0.3 is 10.1 Å². The van der Waals surface area contributed by atoms with Gasteiger partial charge in [0, 0.05) is 24.9 Å². The van der Waals surface area contributed by atoms with Crippen LogP contribution in [0.2, 0.25) is 0 Å². The van der Waals surface area contributed by atoms with Crippen molar-refractivity contribution in [2.75, 3.05) is 11.9 Å². The highest BCUT2D eigenvalue weighted by molar-refractivity contribution is 9.10. The molecule has 0 bridgehead atoms. The first-order valence-corrected chi connectivity index (χ1v) is 6.18. The Labute approximate surface area is 112 Å². The number of nitrogens with one attached hydrogen (secondary N) is 1. The molecule has 2 aromatic rings. The van der Waals surface area contributed by atoms with Gasteiger partial charge in [-0.05, 0) is 35.0 Å². The van der Waals surface area contributed by atoms with Gasteiger partial charge in [-0.2, -0.15) is 4.98 Å². The number of ether oxygens (including phenoxy) is 1. The van der Waals surface area contributed by atoms with Gasteiger partial charge in [0.1, 0.15) is 11.6 Å². The minimum absolute atomic E-state index is 0.364. The maximum Gasteiger partial charge on any atom is 0.225 e.